The van der Waals surface area contributed by atoms with Gasteiger partial charge in [0.2, 0.25) is 0 Å². The van der Waals surface area contributed by atoms with Gasteiger partial charge < -0.3 is 5.11 Å². The molecule has 8 heteroatoms. The molecule has 0 heterocycles. The third-order valence-electron chi connectivity index (χ3n) is 1.34. The zero-order valence-electron chi connectivity index (χ0n) is 6.26. The monoisotopic (exact) mass is 246 g/mol. The molecule has 0 aliphatic carbocycles. The second-order valence-corrected chi connectivity index (χ2v) is 4.78. The van der Waals surface area contributed by atoms with E-state index in [-0.39, 0.29) is 6.07 Å². The van der Waals surface area contributed by atoms with Gasteiger partial charge in [0.15, 0.2) is 22.3 Å². The second-order valence-electron chi connectivity index (χ2n) is 2.27. The Morgan fingerprint density at radius 2 is 1.71 bits per heavy atom. The highest BCUT2D eigenvalue weighted by atomic mass is 35.7. The largest absolute Gasteiger partial charge is 0.506 e. The smallest absolute Gasteiger partial charge is 0.268 e. The van der Waals surface area contributed by atoms with Crippen LogP contribution in [0.1, 0.15) is 0 Å². The predicted molar refractivity (Wildman–Crippen MR) is 41.0 cm³/mol. The third-order valence-corrected chi connectivity index (χ3v) is 2.68. The van der Waals surface area contributed by atoms with Crippen molar-refractivity contribution in [3.05, 3.63) is 23.5 Å². The molecule has 0 aliphatic heterocycles. The molecule has 78 valence electrons. The van der Waals surface area contributed by atoms with Crippen molar-refractivity contribution in [2.75, 3.05) is 0 Å². The summed E-state index contributed by atoms with van der Waals surface area (Å²) in [4.78, 5) is -1.47. The molecule has 0 spiro atoms. The quantitative estimate of drug-likeness (QED) is 0.607. The Morgan fingerprint density at radius 3 is 2.14 bits per heavy atom. The van der Waals surface area contributed by atoms with Crippen LogP contribution in [0.25, 0.3) is 0 Å². The van der Waals surface area contributed by atoms with Crippen molar-refractivity contribution in [1.82, 2.24) is 0 Å². The fourth-order valence-electron chi connectivity index (χ4n) is 0.798. The molecule has 0 aliphatic rings. The number of phenols is 1. The van der Waals surface area contributed by atoms with Gasteiger partial charge in [0.1, 0.15) is 5.75 Å². The number of aromatic hydroxyl groups is 1. The Morgan fingerprint density at radius 1 is 1.21 bits per heavy atom. The lowest BCUT2D eigenvalue weighted by molar-refractivity contribution is 0.396. The number of rotatable bonds is 1. The zero-order chi connectivity index (χ0) is 11.1. The van der Waals surface area contributed by atoms with E-state index in [1.54, 1.807) is 0 Å². The summed E-state index contributed by atoms with van der Waals surface area (Å²) in [5.74, 6) is -7.04. The molecule has 0 amide bonds. The Hall–Kier alpha value is -0.950. The lowest BCUT2D eigenvalue weighted by Gasteiger charge is -2.03. The van der Waals surface area contributed by atoms with Crippen LogP contribution < -0.4 is 0 Å². The molecule has 1 aromatic carbocycles. The number of hydrogen-bond acceptors (Lipinski definition) is 3. The van der Waals surface area contributed by atoms with Crippen molar-refractivity contribution in [2.24, 2.45) is 0 Å². The van der Waals surface area contributed by atoms with E-state index in [0.29, 0.717) is 0 Å². The molecule has 0 radical (unpaired) electrons. The van der Waals surface area contributed by atoms with Crippen LogP contribution in [0.3, 0.4) is 0 Å². The standard InChI is InChI=1S/C6H2ClF3O3S/c7-14(12,13)6-3(11)1-2(8)4(9)5(6)10/h1,11H. The average Bonchev–Trinajstić information content (AvgIpc) is 1.97. The van der Waals surface area contributed by atoms with E-state index in [4.69, 9.17) is 5.11 Å². The first-order chi connectivity index (χ1) is 6.25. The maximum Gasteiger partial charge on any atom is 0.268 e. The summed E-state index contributed by atoms with van der Waals surface area (Å²) >= 11 is 0. The Kier molecular flexibility index (Phi) is 2.64. The molecular formula is C6H2ClF3O3S. The van der Waals surface area contributed by atoms with Gasteiger partial charge in [0.25, 0.3) is 9.05 Å². The van der Waals surface area contributed by atoms with Crippen molar-refractivity contribution in [1.29, 1.82) is 0 Å². The van der Waals surface area contributed by atoms with Gasteiger partial charge in [-0.25, -0.2) is 21.6 Å². The Labute approximate surface area is 81.2 Å². The van der Waals surface area contributed by atoms with Crippen LogP contribution in [-0.2, 0) is 9.05 Å². The van der Waals surface area contributed by atoms with Crippen LogP contribution in [0.2, 0.25) is 0 Å². The normalized spacial score (nSPS) is 11.7. The van der Waals surface area contributed by atoms with Crippen molar-refractivity contribution in [3.63, 3.8) is 0 Å². The van der Waals surface area contributed by atoms with Gasteiger partial charge >= 0.3 is 0 Å². The second kappa shape index (κ2) is 3.32. The maximum atomic E-state index is 12.8. The lowest BCUT2D eigenvalue weighted by atomic mass is 10.3. The maximum absolute atomic E-state index is 12.8. The Bertz CT molecular complexity index is 486. The molecule has 0 atom stereocenters. The molecule has 14 heavy (non-hydrogen) atoms. The fraction of sp³-hybridized carbons (Fsp3) is 0. The molecule has 0 saturated heterocycles. The highest BCUT2D eigenvalue weighted by Gasteiger charge is 2.27. The minimum atomic E-state index is -4.66. The zero-order valence-corrected chi connectivity index (χ0v) is 7.83. The first-order valence-corrected chi connectivity index (χ1v) is 5.37. The van der Waals surface area contributed by atoms with Gasteiger partial charge in [0, 0.05) is 16.7 Å². The summed E-state index contributed by atoms with van der Waals surface area (Å²) in [6, 6.07) is 0.119. The summed E-state index contributed by atoms with van der Waals surface area (Å²) in [7, 11) is 0.0137. The summed E-state index contributed by atoms with van der Waals surface area (Å²) in [5.41, 5.74) is 0. The van der Waals surface area contributed by atoms with Gasteiger partial charge in [-0.05, 0) is 0 Å². The van der Waals surface area contributed by atoms with Gasteiger partial charge in [-0.2, -0.15) is 0 Å². The topological polar surface area (TPSA) is 54.4 Å². The Balaban J connectivity index is 3.70. The van der Waals surface area contributed by atoms with Crippen LogP contribution in [0.15, 0.2) is 11.0 Å². The average molecular weight is 247 g/mol. The van der Waals surface area contributed by atoms with Crippen molar-refractivity contribution in [2.45, 2.75) is 4.90 Å². The minimum Gasteiger partial charge on any atom is -0.506 e. The molecule has 1 N–H and O–H groups in total. The van der Waals surface area contributed by atoms with Crippen LogP contribution in [0.5, 0.6) is 5.75 Å². The van der Waals surface area contributed by atoms with Gasteiger partial charge in [-0.1, -0.05) is 0 Å². The molecule has 1 rings (SSSR count). The summed E-state index contributed by atoms with van der Waals surface area (Å²) in [6.45, 7) is 0. The SMILES string of the molecule is O=S(=O)(Cl)c1c(O)cc(F)c(F)c1F. The number of halogens is 4. The van der Waals surface area contributed by atoms with Crippen LogP contribution in [0, 0.1) is 17.5 Å². The van der Waals surface area contributed by atoms with E-state index >= 15 is 0 Å². The molecule has 0 bridgehead atoms. The van der Waals surface area contributed by atoms with Gasteiger partial charge in [-0.15, -0.1) is 0 Å². The van der Waals surface area contributed by atoms with E-state index in [2.05, 4.69) is 10.7 Å². The number of phenolic OH excluding ortho intramolecular Hbond substituents is 1. The molecular weight excluding hydrogens is 245 g/mol. The van der Waals surface area contributed by atoms with E-state index in [1.807, 2.05) is 0 Å². The van der Waals surface area contributed by atoms with Gasteiger partial charge in [-0.3, -0.25) is 0 Å². The van der Waals surface area contributed by atoms with E-state index in [1.165, 1.54) is 0 Å². The minimum absolute atomic E-state index is 0.119. The molecule has 0 unspecified atom stereocenters. The van der Waals surface area contributed by atoms with E-state index in [9.17, 15) is 21.6 Å². The van der Waals surface area contributed by atoms with Crippen molar-refractivity contribution < 1.29 is 26.7 Å². The first-order valence-electron chi connectivity index (χ1n) is 3.06. The highest BCUT2D eigenvalue weighted by Crippen LogP contribution is 2.31. The van der Waals surface area contributed by atoms with Crippen LogP contribution >= 0.6 is 10.7 Å². The predicted octanol–water partition coefficient (Wildman–Crippen LogP) is 1.74. The first kappa shape index (κ1) is 11.1. The number of hydrogen-bond donors (Lipinski definition) is 1. The van der Waals surface area contributed by atoms with Crippen molar-refractivity contribution >= 4 is 19.7 Å². The van der Waals surface area contributed by atoms with E-state index in [0.717, 1.165) is 0 Å². The molecule has 0 saturated carbocycles. The molecule has 0 aromatic heterocycles. The summed E-state index contributed by atoms with van der Waals surface area (Å²) < 4.78 is 58.9. The highest BCUT2D eigenvalue weighted by molar-refractivity contribution is 8.13. The lowest BCUT2D eigenvalue weighted by Crippen LogP contribution is -2.01. The molecule has 0 fully saturated rings. The van der Waals surface area contributed by atoms with Crippen LogP contribution in [-0.4, -0.2) is 13.5 Å². The third kappa shape index (κ3) is 1.78. The summed E-state index contributed by atoms with van der Waals surface area (Å²) in [6.07, 6.45) is 0. The molecule has 3 nitrogen and oxygen atoms in total. The number of benzene rings is 1. The van der Waals surface area contributed by atoms with Crippen molar-refractivity contribution in [3.8, 4) is 5.75 Å². The fourth-order valence-corrected chi connectivity index (χ4v) is 1.85. The van der Waals surface area contributed by atoms with Crippen LogP contribution in [0.4, 0.5) is 13.2 Å². The van der Waals surface area contributed by atoms with E-state index < -0.39 is 37.1 Å². The van der Waals surface area contributed by atoms with Gasteiger partial charge in [0.05, 0.1) is 0 Å². The molecule has 1 aromatic rings. The summed E-state index contributed by atoms with van der Waals surface area (Å²) in [5, 5.41) is 8.82.